The van der Waals surface area contributed by atoms with Crippen molar-refractivity contribution in [3.8, 4) is 5.75 Å². The number of phenolic OH excluding ortho intramolecular Hbond substituents is 1. The van der Waals surface area contributed by atoms with Gasteiger partial charge in [-0.05, 0) is 37.1 Å². The van der Waals surface area contributed by atoms with Crippen LogP contribution in [0, 0.1) is 0 Å². The Morgan fingerprint density at radius 1 is 1.32 bits per heavy atom. The van der Waals surface area contributed by atoms with Crippen LogP contribution in [0.4, 0.5) is 0 Å². The maximum Gasteiger partial charge on any atom is 0.115 e. The minimum Gasteiger partial charge on any atom is -0.508 e. The lowest BCUT2D eigenvalue weighted by Gasteiger charge is -2.35. The molecule has 1 aromatic rings. The summed E-state index contributed by atoms with van der Waals surface area (Å²) in [7, 11) is 0. The molecule has 1 aromatic carbocycles. The van der Waals surface area contributed by atoms with Gasteiger partial charge >= 0.3 is 0 Å². The molecule has 19 heavy (non-hydrogen) atoms. The molecule has 2 heterocycles. The number of hydrogen-bond acceptors (Lipinski definition) is 4. The van der Waals surface area contributed by atoms with Crippen molar-refractivity contribution in [2.75, 3.05) is 26.2 Å². The van der Waals surface area contributed by atoms with Crippen molar-refractivity contribution >= 4 is 0 Å². The highest BCUT2D eigenvalue weighted by Crippen LogP contribution is 2.22. The SMILES string of the molecule is Oc1ccc(CNCC2CN3CCCC3CO2)cc1. The first-order valence-corrected chi connectivity index (χ1v) is 7.15. The maximum absolute atomic E-state index is 9.23. The van der Waals surface area contributed by atoms with E-state index in [4.69, 9.17) is 4.74 Å². The molecule has 0 radical (unpaired) electrons. The van der Waals surface area contributed by atoms with E-state index in [1.54, 1.807) is 12.1 Å². The van der Waals surface area contributed by atoms with Crippen molar-refractivity contribution in [1.82, 2.24) is 10.2 Å². The molecular weight excluding hydrogens is 240 g/mol. The molecule has 0 saturated carbocycles. The second kappa shape index (κ2) is 5.90. The third-order valence-electron chi connectivity index (χ3n) is 4.10. The molecule has 0 aliphatic carbocycles. The predicted molar refractivity (Wildman–Crippen MR) is 74.1 cm³/mol. The zero-order chi connectivity index (χ0) is 13.1. The minimum atomic E-state index is 0.312. The van der Waals surface area contributed by atoms with E-state index in [0.717, 1.165) is 26.2 Å². The fraction of sp³-hybridized carbons (Fsp3) is 0.600. The van der Waals surface area contributed by atoms with Gasteiger partial charge in [0, 0.05) is 25.7 Å². The van der Waals surface area contributed by atoms with Gasteiger partial charge < -0.3 is 15.2 Å². The highest BCUT2D eigenvalue weighted by atomic mass is 16.5. The Labute approximate surface area is 114 Å². The first-order chi connectivity index (χ1) is 9.31. The standard InChI is InChI=1S/C15H22N2O2/c18-14-5-3-12(4-6-14)8-16-9-15-10-17-7-1-2-13(17)11-19-15/h3-6,13,15-16,18H,1-2,7-11H2. The Bertz CT molecular complexity index is 407. The largest absolute Gasteiger partial charge is 0.508 e. The number of phenols is 1. The second-order valence-corrected chi connectivity index (χ2v) is 5.54. The summed E-state index contributed by atoms with van der Waals surface area (Å²) in [4.78, 5) is 2.57. The number of nitrogens with zero attached hydrogens (tertiary/aromatic N) is 1. The predicted octanol–water partition coefficient (Wildman–Crippen LogP) is 1.34. The third-order valence-corrected chi connectivity index (χ3v) is 4.10. The zero-order valence-corrected chi connectivity index (χ0v) is 11.2. The number of ether oxygens (including phenoxy) is 1. The number of hydrogen-bond donors (Lipinski definition) is 2. The Morgan fingerprint density at radius 2 is 2.16 bits per heavy atom. The van der Waals surface area contributed by atoms with E-state index in [9.17, 15) is 5.11 Å². The third kappa shape index (κ3) is 3.26. The van der Waals surface area contributed by atoms with Gasteiger partial charge in [-0.2, -0.15) is 0 Å². The molecule has 3 rings (SSSR count). The average molecular weight is 262 g/mol. The molecule has 0 spiro atoms. The van der Waals surface area contributed by atoms with Crippen LogP contribution >= 0.6 is 0 Å². The van der Waals surface area contributed by atoms with Gasteiger partial charge in [0.05, 0.1) is 12.7 Å². The normalized spacial score (nSPS) is 27.4. The molecule has 2 aliphatic heterocycles. The number of nitrogens with one attached hydrogen (secondary N) is 1. The molecule has 4 nitrogen and oxygen atoms in total. The lowest BCUT2D eigenvalue weighted by molar-refractivity contribution is -0.0470. The van der Waals surface area contributed by atoms with Gasteiger partial charge in [0.1, 0.15) is 5.75 Å². The van der Waals surface area contributed by atoms with E-state index in [1.807, 2.05) is 12.1 Å². The van der Waals surface area contributed by atoms with Crippen LogP contribution in [0.15, 0.2) is 24.3 Å². The van der Waals surface area contributed by atoms with E-state index in [2.05, 4.69) is 10.2 Å². The number of fused-ring (bicyclic) bond motifs is 1. The van der Waals surface area contributed by atoms with Crippen LogP contribution in [0.3, 0.4) is 0 Å². The van der Waals surface area contributed by atoms with Gasteiger partial charge in [0.15, 0.2) is 0 Å². The first-order valence-electron chi connectivity index (χ1n) is 7.15. The smallest absolute Gasteiger partial charge is 0.115 e. The molecule has 0 bridgehead atoms. The Kier molecular flexibility index (Phi) is 4.01. The molecular formula is C15H22N2O2. The van der Waals surface area contributed by atoms with Gasteiger partial charge in [-0.1, -0.05) is 12.1 Å². The Morgan fingerprint density at radius 3 is 3.00 bits per heavy atom. The van der Waals surface area contributed by atoms with Crippen LogP contribution < -0.4 is 5.32 Å². The quantitative estimate of drug-likeness (QED) is 0.859. The van der Waals surface area contributed by atoms with Gasteiger partial charge in [0.2, 0.25) is 0 Å². The summed E-state index contributed by atoms with van der Waals surface area (Å²) >= 11 is 0. The molecule has 2 unspecified atom stereocenters. The number of aromatic hydroxyl groups is 1. The van der Waals surface area contributed by atoms with Crippen LogP contribution in [0.25, 0.3) is 0 Å². The van der Waals surface area contributed by atoms with Crippen molar-refractivity contribution in [3.05, 3.63) is 29.8 Å². The fourth-order valence-corrected chi connectivity index (χ4v) is 3.00. The molecule has 0 amide bonds. The van der Waals surface area contributed by atoms with Crippen molar-refractivity contribution in [2.45, 2.75) is 31.5 Å². The average Bonchev–Trinajstić information content (AvgIpc) is 2.88. The van der Waals surface area contributed by atoms with Crippen molar-refractivity contribution in [3.63, 3.8) is 0 Å². The summed E-state index contributed by atoms with van der Waals surface area (Å²) in [5.41, 5.74) is 1.19. The summed E-state index contributed by atoms with van der Waals surface area (Å²) in [5.74, 6) is 0.319. The Hall–Kier alpha value is -1.10. The molecule has 2 N–H and O–H groups in total. The summed E-state index contributed by atoms with van der Waals surface area (Å²) in [6, 6.07) is 8.01. The topological polar surface area (TPSA) is 44.7 Å². The second-order valence-electron chi connectivity index (χ2n) is 5.54. The molecule has 2 aliphatic rings. The fourth-order valence-electron chi connectivity index (χ4n) is 3.00. The molecule has 104 valence electrons. The zero-order valence-electron chi connectivity index (χ0n) is 11.2. The number of rotatable bonds is 4. The van der Waals surface area contributed by atoms with Crippen LogP contribution in [-0.2, 0) is 11.3 Å². The monoisotopic (exact) mass is 262 g/mol. The number of benzene rings is 1. The van der Waals surface area contributed by atoms with Crippen LogP contribution in [0.2, 0.25) is 0 Å². The van der Waals surface area contributed by atoms with Gasteiger partial charge in [0.25, 0.3) is 0 Å². The summed E-state index contributed by atoms with van der Waals surface area (Å²) < 4.78 is 5.90. The van der Waals surface area contributed by atoms with E-state index < -0.39 is 0 Å². The van der Waals surface area contributed by atoms with Gasteiger partial charge in [-0.3, -0.25) is 4.90 Å². The van der Waals surface area contributed by atoms with Crippen LogP contribution in [0.5, 0.6) is 5.75 Å². The maximum atomic E-state index is 9.23. The van der Waals surface area contributed by atoms with Crippen LogP contribution in [-0.4, -0.2) is 48.4 Å². The van der Waals surface area contributed by atoms with E-state index in [0.29, 0.717) is 17.9 Å². The van der Waals surface area contributed by atoms with E-state index in [1.165, 1.54) is 24.9 Å². The minimum absolute atomic E-state index is 0.312. The molecule has 0 aromatic heterocycles. The highest BCUT2D eigenvalue weighted by Gasteiger charge is 2.31. The van der Waals surface area contributed by atoms with Gasteiger partial charge in [-0.25, -0.2) is 0 Å². The first kappa shape index (κ1) is 12.9. The van der Waals surface area contributed by atoms with E-state index >= 15 is 0 Å². The highest BCUT2D eigenvalue weighted by molar-refractivity contribution is 5.25. The van der Waals surface area contributed by atoms with Crippen molar-refractivity contribution in [1.29, 1.82) is 0 Å². The molecule has 2 fully saturated rings. The molecule has 2 saturated heterocycles. The van der Waals surface area contributed by atoms with Crippen LogP contribution in [0.1, 0.15) is 18.4 Å². The van der Waals surface area contributed by atoms with Gasteiger partial charge in [-0.15, -0.1) is 0 Å². The lowest BCUT2D eigenvalue weighted by atomic mass is 10.2. The molecule has 2 atom stereocenters. The van der Waals surface area contributed by atoms with Crippen molar-refractivity contribution < 1.29 is 9.84 Å². The lowest BCUT2D eigenvalue weighted by Crippen LogP contribution is -2.49. The van der Waals surface area contributed by atoms with Crippen molar-refractivity contribution in [2.24, 2.45) is 0 Å². The van der Waals surface area contributed by atoms with E-state index in [-0.39, 0.29) is 0 Å². The Balaban J connectivity index is 1.41. The summed E-state index contributed by atoms with van der Waals surface area (Å²) in [6.07, 6.45) is 2.93. The summed E-state index contributed by atoms with van der Waals surface area (Å²) in [5, 5.41) is 12.7. The number of morpholine rings is 1. The summed E-state index contributed by atoms with van der Waals surface area (Å²) in [6.45, 7) is 4.91. The molecule has 4 heteroatoms.